The Bertz CT molecular complexity index is 464. The highest BCUT2D eigenvalue weighted by Gasteiger charge is 2.48. The average molecular weight is 325 g/mol. The fourth-order valence-electron chi connectivity index (χ4n) is 1.76. The number of hydrogen-bond donors (Lipinski definition) is 1. The van der Waals surface area contributed by atoms with E-state index in [1.807, 2.05) is 13.8 Å². The fraction of sp³-hybridized carbons (Fsp3) is 0.700. The Morgan fingerprint density at radius 1 is 1.58 bits per heavy atom. The molecule has 0 aromatic heterocycles. The van der Waals surface area contributed by atoms with E-state index in [1.165, 1.54) is 18.8 Å². The van der Waals surface area contributed by atoms with Gasteiger partial charge < -0.3 is 10.2 Å². The molecule has 0 aromatic rings. The quantitative estimate of drug-likeness (QED) is 0.455. The molecule has 9 heteroatoms. The van der Waals surface area contributed by atoms with Crippen LogP contribution in [-0.2, 0) is 4.84 Å². The van der Waals surface area contributed by atoms with Crippen molar-refractivity contribution in [2.24, 2.45) is 10.1 Å². The van der Waals surface area contributed by atoms with Crippen LogP contribution in [0.1, 0.15) is 13.8 Å². The van der Waals surface area contributed by atoms with Gasteiger partial charge in [-0.2, -0.15) is 0 Å². The van der Waals surface area contributed by atoms with E-state index >= 15 is 0 Å². The number of aliphatic imine (C=N–C) groups is 1. The lowest BCUT2D eigenvalue weighted by molar-refractivity contribution is 0.151. The van der Waals surface area contributed by atoms with Crippen LogP contribution in [0.4, 0.5) is 4.79 Å². The van der Waals surface area contributed by atoms with E-state index in [0.717, 1.165) is 5.17 Å². The first-order valence-corrected chi connectivity index (χ1v) is 7.18. The predicted molar refractivity (Wildman–Crippen MR) is 78.1 cm³/mol. The van der Waals surface area contributed by atoms with E-state index in [9.17, 15) is 4.79 Å². The summed E-state index contributed by atoms with van der Waals surface area (Å²) in [5.74, 6) is 0.574. The normalized spacial score (nSPS) is 25.8. The molecule has 0 atom stereocenters. The fourth-order valence-corrected chi connectivity index (χ4v) is 3.20. The summed E-state index contributed by atoms with van der Waals surface area (Å²) in [5.41, 5.74) is 0. The molecule has 1 amide bonds. The third-order valence-corrected chi connectivity index (χ3v) is 4.33. The Kier molecular flexibility index (Phi) is 3.90. The standard InChI is InChI=1S/C10H14Cl2N4O2S/c1-9(2)6(15-18-8(17)13-3)16-5-10(11,12)4-14-7(16)19-9/h4-5H2,1-3H3,(H,13,17). The zero-order valence-electron chi connectivity index (χ0n) is 10.7. The molecule has 2 heterocycles. The molecule has 0 unspecified atom stereocenters. The van der Waals surface area contributed by atoms with Crippen LogP contribution in [0.3, 0.4) is 0 Å². The van der Waals surface area contributed by atoms with Crippen molar-refractivity contribution in [3.63, 3.8) is 0 Å². The number of fused-ring (bicyclic) bond motifs is 1. The first kappa shape index (κ1) is 14.7. The van der Waals surface area contributed by atoms with Gasteiger partial charge in [0.1, 0.15) is 0 Å². The Morgan fingerprint density at radius 2 is 2.26 bits per heavy atom. The minimum Gasteiger partial charge on any atom is -0.323 e. The lowest BCUT2D eigenvalue weighted by atomic mass is 10.1. The molecule has 1 fully saturated rings. The number of oxime groups is 1. The van der Waals surface area contributed by atoms with Crippen molar-refractivity contribution in [3.8, 4) is 0 Å². The highest BCUT2D eigenvalue weighted by molar-refractivity contribution is 8.16. The second kappa shape index (κ2) is 5.03. The summed E-state index contributed by atoms with van der Waals surface area (Å²) in [7, 11) is 1.47. The van der Waals surface area contributed by atoms with Crippen LogP contribution in [0.2, 0.25) is 0 Å². The van der Waals surface area contributed by atoms with Gasteiger partial charge in [0.25, 0.3) is 0 Å². The van der Waals surface area contributed by atoms with Gasteiger partial charge in [-0.1, -0.05) is 40.1 Å². The molecule has 0 aromatic carbocycles. The maximum atomic E-state index is 11.1. The Balaban J connectivity index is 2.27. The van der Waals surface area contributed by atoms with Crippen molar-refractivity contribution in [2.45, 2.75) is 22.9 Å². The molecule has 0 saturated carbocycles. The molecular formula is C10H14Cl2N4O2S. The molecule has 0 bridgehead atoms. The summed E-state index contributed by atoms with van der Waals surface area (Å²) < 4.78 is -1.32. The van der Waals surface area contributed by atoms with Gasteiger partial charge in [0, 0.05) is 7.05 Å². The van der Waals surface area contributed by atoms with Gasteiger partial charge in [-0.3, -0.25) is 9.83 Å². The van der Waals surface area contributed by atoms with Gasteiger partial charge in [0.2, 0.25) is 0 Å². The van der Waals surface area contributed by atoms with Gasteiger partial charge in [-0.15, -0.1) is 0 Å². The molecule has 2 aliphatic rings. The zero-order chi connectivity index (χ0) is 14.3. The first-order chi connectivity index (χ1) is 8.75. The minimum atomic E-state index is -0.960. The molecule has 106 valence electrons. The number of hydrogen-bond acceptors (Lipinski definition) is 5. The molecule has 0 aliphatic carbocycles. The number of carbonyl (C=O) groups excluding carboxylic acids is 1. The van der Waals surface area contributed by atoms with Gasteiger partial charge >= 0.3 is 6.09 Å². The van der Waals surface area contributed by atoms with Crippen LogP contribution in [0.5, 0.6) is 0 Å². The number of nitrogens with zero attached hydrogens (tertiary/aromatic N) is 3. The van der Waals surface area contributed by atoms with Crippen molar-refractivity contribution >= 4 is 52.1 Å². The predicted octanol–water partition coefficient (Wildman–Crippen LogP) is 2.03. The number of nitrogens with one attached hydrogen (secondary N) is 1. The lowest BCUT2D eigenvalue weighted by Crippen LogP contribution is -2.47. The van der Waals surface area contributed by atoms with E-state index in [-0.39, 0.29) is 4.75 Å². The molecule has 0 spiro atoms. The molecule has 0 radical (unpaired) electrons. The second-order valence-electron chi connectivity index (χ2n) is 4.70. The largest absolute Gasteiger partial charge is 0.433 e. The number of halogens is 2. The van der Waals surface area contributed by atoms with Gasteiger partial charge in [-0.25, -0.2) is 4.79 Å². The smallest absolute Gasteiger partial charge is 0.323 e. The van der Waals surface area contributed by atoms with E-state index in [0.29, 0.717) is 18.9 Å². The van der Waals surface area contributed by atoms with Crippen LogP contribution in [0.15, 0.2) is 10.1 Å². The molecule has 1 N–H and O–H groups in total. The second-order valence-corrected chi connectivity index (χ2v) is 7.93. The van der Waals surface area contributed by atoms with Crippen LogP contribution < -0.4 is 5.32 Å². The maximum absolute atomic E-state index is 11.1. The van der Waals surface area contributed by atoms with E-state index in [4.69, 9.17) is 28.0 Å². The summed E-state index contributed by atoms with van der Waals surface area (Å²) in [5, 5.41) is 7.03. The Hall–Kier alpha value is -0.660. The number of amides is 1. The third-order valence-electron chi connectivity index (χ3n) is 2.63. The molecule has 2 rings (SSSR count). The van der Waals surface area contributed by atoms with Crippen molar-refractivity contribution in [3.05, 3.63) is 0 Å². The Morgan fingerprint density at radius 3 is 2.89 bits per heavy atom. The average Bonchev–Trinajstić information content (AvgIpc) is 2.55. The molecule has 1 saturated heterocycles. The summed E-state index contributed by atoms with van der Waals surface area (Å²) >= 11 is 13.8. The first-order valence-electron chi connectivity index (χ1n) is 5.61. The number of alkyl halides is 2. The Labute approximate surface area is 125 Å². The van der Waals surface area contributed by atoms with Gasteiger partial charge in [-0.05, 0) is 13.8 Å². The number of rotatable bonds is 1. The van der Waals surface area contributed by atoms with Crippen LogP contribution >= 0.6 is 35.0 Å². The SMILES string of the molecule is CNC(=O)ON=C1N2CC(Cl)(Cl)CN=C2SC1(C)C. The van der Waals surface area contributed by atoms with E-state index in [2.05, 4.69) is 15.5 Å². The number of thioether (sulfide) groups is 1. The van der Waals surface area contributed by atoms with E-state index < -0.39 is 10.4 Å². The van der Waals surface area contributed by atoms with Crippen LogP contribution in [0.25, 0.3) is 0 Å². The summed E-state index contributed by atoms with van der Waals surface area (Å²) in [6.45, 7) is 4.64. The monoisotopic (exact) mass is 324 g/mol. The molecule has 6 nitrogen and oxygen atoms in total. The number of amidine groups is 2. The van der Waals surface area contributed by atoms with Crippen LogP contribution in [-0.4, -0.2) is 51.2 Å². The lowest BCUT2D eigenvalue weighted by Gasteiger charge is -2.30. The zero-order valence-corrected chi connectivity index (χ0v) is 13.1. The van der Waals surface area contributed by atoms with Gasteiger partial charge in [0.05, 0.1) is 17.8 Å². The summed E-state index contributed by atoms with van der Waals surface area (Å²) in [4.78, 5) is 22.0. The molecule has 2 aliphatic heterocycles. The van der Waals surface area contributed by atoms with Crippen molar-refractivity contribution < 1.29 is 9.63 Å². The molecular weight excluding hydrogens is 311 g/mol. The van der Waals surface area contributed by atoms with Crippen molar-refractivity contribution in [1.29, 1.82) is 0 Å². The maximum Gasteiger partial charge on any atom is 0.433 e. The highest BCUT2D eigenvalue weighted by Crippen LogP contribution is 2.42. The van der Waals surface area contributed by atoms with Gasteiger partial charge in [0.15, 0.2) is 15.3 Å². The van der Waals surface area contributed by atoms with Crippen LogP contribution in [0, 0.1) is 0 Å². The van der Waals surface area contributed by atoms with Crippen molar-refractivity contribution in [2.75, 3.05) is 20.1 Å². The molecule has 19 heavy (non-hydrogen) atoms. The highest BCUT2D eigenvalue weighted by atomic mass is 35.5. The van der Waals surface area contributed by atoms with Crippen molar-refractivity contribution in [1.82, 2.24) is 10.2 Å². The van der Waals surface area contributed by atoms with E-state index in [1.54, 1.807) is 4.90 Å². The number of carbonyl (C=O) groups is 1. The topological polar surface area (TPSA) is 66.3 Å². The third kappa shape index (κ3) is 3.09. The summed E-state index contributed by atoms with van der Waals surface area (Å²) in [6.07, 6.45) is -0.626. The summed E-state index contributed by atoms with van der Waals surface area (Å²) in [6, 6.07) is 0. The minimum absolute atomic E-state index is 0.342.